The van der Waals surface area contributed by atoms with E-state index in [9.17, 15) is 4.79 Å². The number of rotatable bonds is 6. The van der Waals surface area contributed by atoms with Crippen LogP contribution in [0.2, 0.25) is 0 Å². The molecule has 3 nitrogen and oxygen atoms in total. The van der Waals surface area contributed by atoms with Gasteiger partial charge in [0, 0.05) is 6.04 Å². The third-order valence-corrected chi connectivity index (χ3v) is 3.68. The van der Waals surface area contributed by atoms with Gasteiger partial charge in [-0.15, -0.1) is 12.4 Å². The van der Waals surface area contributed by atoms with Crippen molar-refractivity contribution in [2.24, 2.45) is 0 Å². The van der Waals surface area contributed by atoms with Crippen LogP contribution in [0.5, 0.6) is 0 Å². The summed E-state index contributed by atoms with van der Waals surface area (Å²) in [5.74, 6) is 0.0781. The zero-order valence-electron chi connectivity index (χ0n) is 12.4. The lowest BCUT2D eigenvalue weighted by Gasteiger charge is -2.19. The highest BCUT2D eigenvalue weighted by Gasteiger charge is 2.23. The number of amides is 1. The van der Waals surface area contributed by atoms with Crippen molar-refractivity contribution in [3.05, 3.63) is 71.8 Å². The zero-order chi connectivity index (χ0) is 14.5. The second-order valence-electron chi connectivity index (χ2n) is 5.48. The molecule has 0 bridgehead atoms. The van der Waals surface area contributed by atoms with Crippen LogP contribution < -0.4 is 10.6 Å². The van der Waals surface area contributed by atoms with E-state index in [2.05, 4.69) is 34.9 Å². The van der Waals surface area contributed by atoms with Gasteiger partial charge in [0.15, 0.2) is 0 Å². The third-order valence-electron chi connectivity index (χ3n) is 3.68. The Morgan fingerprint density at radius 2 is 1.45 bits per heavy atom. The van der Waals surface area contributed by atoms with Gasteiger partial charge in [0.1, 0.15) is 0 Å². The van der Waals surface area contributed by atoms with Gasteiger partial charge in [-0.25, -0.2) is 0 Å². The van der Waals surface area contributed by atoms with Crippen LogP contribution in [0.4, 0.5) is 0 Å². The number of hydrogen-bond donors (Lipinski definition) is 2. The third kappa shape index (κ3) is 4.58. The van der Waals surface area contributed by atoms with Gasteiger partial charge in [-0.1, -0.05) is 60.7 Å². The highest BCUT2D eigenvalue weighted by atomic mass is 35.5. The standard InChI is InChI=1S/C18H20N2O.ClH/c21-17(20-16-11-12-16)13-19-18(14-7-3-1-4-8-14)15-9-5-2-6-10-15;/h1-10,16,18-19H,11-13H2,(H,20,21);1H. The second-order valence-corrected chi connectivity index (χ2v) is 5.48. The Labute approximate surface area is 137 Å². The molecule has 0 aromatic heterocycles. The lowest BCUT2D eigenvalue weighted by atomic mass is 9.99. The summed E-state index contributed by atoms with van der Waals surface area (Å²) >= 11 is 0. The van der Waals surface area contributed by atoms with Crippen LogP contribution in [0.15, 0.2) is 60.7 Å². The normalized spacial score (nSPS) is 13.5. The monoisotopic (exact) mass is 316 g/mol. The van der Waals surface area contributed by atoms with Gasteiger partial charge in [0.2, 0.25) is 5.91 Å². The molecule has 1 aliphatic carbocycles. The first-order chi connectivity index (χ1) is 10.3. The van der Waals surface area contributed by atoms with Crippen molar-refractivity contribution in [1.82, 2.24) is 10.6 Å². The van der Waals surface area contributed by atoms with Gasteiger partial charge in [-0.2, -0.15) is 0 Å². The fourth-order valence-electron chi connectivity index (χ4n) is 2.42. The summed E-state index contributed by atoms with van der Waals surface area (Å²) in [6.07, 6.45) is 2.24. The van der Waals surface area contributed by atoms with E-state index in [0.717, 1.165) is 12.8 Å². The average molecular weight is 317 g/mol. The minimum absolute atomic E-state index is 0. The molecule has 1 aliphatic rings. The average Bonchev–Trinajstić information content (AvgIpc) is 3.33. The molecule has 0 aliphatic heterocycles. The molecule has 4 heteroatoms. The first-order valence-corrected chi connectivity index (χ1v) is 7.45. The Morgan fingerprint density at radius 1 is 0.955 bits per heavy atom. The Bertz CT molecular complexity index is 545. The van der Waals surface area contributed by atoms with Crippen molar-refractivity contribution in [1.29, 1.82) is 0 Å². The molecule has 0 saturated heterocycles. The molecule has 2 N–H and O–H groups in total. The molecule has 1 amide bonds. The van der Waals surface area contributed by atoms with Crippen LogP contribution in [0.3, 0.4) is 0 Å². The maximum absolute atomic E-state index is 11.9. The summed E-state index contributed by atoms with van der Waals surface area (Å²) in [7, 11) is 0. The second kappa shape index (κ2) is 7.97. The van der Waals surface area contributed by atoms with Crippen molar-refractivity contribution in [3.63, 3.8) is 0 Å². The van der Waals surface area contributed by atoms with Gasteiger partial charge in [-0.05, 0) is 24.0 Å². The molecule has 0 spiro atoms. The lowest BCUT2D eigenvalue weighted by molar-refractivity contribution is -0.120. The number of halogens is 1. The summed E-state index contributed by atoms with van der Waals surface area (Å²) in [6, 6.07) is 20.9. The summed E-state index contributed by atoms with van der Waals surface area (Å²) < 4.78 is 0. The van der Waals surface area contributed by atoms with Crippen LogP contribution in [0, 0.1) is 0 Å². The largest absolute Gasteiger partial charge is 0.352 e. The van der Waals surface area contributed by atoms with Gasteiger partial charge < -0.3 is 5.32 Å². The topological polar surface area (TPSA) is 41.1 Å². The summed E-state index contributed by atoms with van der Waals surface area (Å²) in [5, 5.41) is 6.38. The number of nitrogens with one attached hydrogen (secondary N) is 2. The van der Waals surface area contributed by atoms with Crippen molar-refractivity contribution >= 4 is 18.3 Å². The Morgan fingerprint density at radius 3 is 1.91 bits per heavy atom. The molecule has 1 fully saturated rings. The van der Waals surface area contributed by atoms with Crippen LogP contribution in [0.1, 0.15) is 30.0 Å². The predicted octanol–water partition coefficient (Wildman–Crippen LogP) is 3.07. The minimum Gasteiger partial charge on any atom is -0.352 e. The highest BCUT2D eigenvalue weighted by molar-refractivity contribution is 5.85. The molecule has 1 saturated carbocycles. The highest BCUT2D eigenvalue weighted by Crippen LogP contribution is 2.22. The Balaban J connectivity index is 0.00000176. The molecule has 2 aromatic rings. The minimum atomic E-state index is 0. The quantitative estimate of drug-likeness (QED) is 0.860. The smallest absolute Gasteiger partial charge is 0.234 e. The molecule has 116 valence electrons. The van der Waals surface area contributed by atoms with Crippen molar-refractivity contribution in [2.45, 2.75) is 24.9 Å². The predicted molar refractivity (Wildman–Crippen MR) is 91.1 cm³/mol. The molecule has 0 heterocycles. The van der Waals surface area contributed by atoms with Gasteiger partial charge in [0.05, 0.1) is 12.6 Å². The summed E-state index contributed by atoms with van der Waals surface area (Å²) in [6.45, 7) is 0.338. The zero-order valence-corrected chi connectivity index (χ0v) is 13.2. The number of benzene rings is 2. The van der Waals surface area contributed by atoms with E-state index in [1.54, 1.807) is 0 Å². The van der Waals surface area contributed by atoms with Crippen LogP contribution in [-0.4, -0.2) is 18.5 Å². The molecular weight excluding hydrogens is 296 g/mol. The van der Waals surface area contributed by atoms with E-state index >= 15 is 0 Å². The van der Waals surface area contributed by atoms with Gasteiger partial charge in [-0.3, -0.25) is 10.1 Å². The molecule has 0 radical (unpaired) electrons. The van der Waals surface area contributed by atoms with Gasteiger partial charge >= 0.3 is 0 Å². The Hall–Kier alpha value is -1.84. The SMILES string of the molecule is Cl.O=C(CNC(c1ccccc1)c1ccccc1)NC1CC1. The van der Waals surface area contributed by atoms with E-state index in [1.807, 2.05) is 36.4 Å². The summed E-state index contributed by atoms with van der Waals surface area (Å²) in [5.41, 5.74) is 2.34. The number of carbonyl (C=O) groups excluding carboxylic acids is 1. The van der Waals surface area contributed by atoms with E-state index in [4.69, 9.17) is 0 Å². The van der Waals surface area contributed by atoms with Crippen LogP contribution in [0.25, 0.3) is 0 Å². The maximum Gasteiger partial charge on any atom is 0.234 e. The summed E-state index contributed by atoms with van der Waals surface area (Å²) in [4.78, 5) is 11.9. The number of hydrogen-bond acceptors (Lipinski definition) is 2. The molecular formula is C18H21ClN2O. The van der Waals surface area contributed by atoms with E-state index in [1.165, 1.54) is 11.1 Å². The lowest BCUT2D eigenvalue weighted by Crippen LogP contribution is -2.37. The fraction of sp³-hybridized carbons (Fsp3) is 0.278. The molecule has 2 aromatic carbocycles. The maximum atomic E-state index is 11.9. The molecule has 22 heavy (non-hydrogen) atoms. The number of carbonyl (C=O) groups is 1. The fourth-order valence-corrected chi connectivity index (χ4v) is 2.42. The first-order valence-electron chi connectivity index (χ1n) is 7.45. The molecule has 0 atom stereocenters. The molecule has 3 rings (SSSR count). The van der Waals surface area contributed by atoms with Crippen molar-refractivity contribution in [2.75, 3.05) is 6.54 Å². The van der Waals surface area contributed by atoms with E-state index in [-0.39, 0.29) is 24.4 Å². The Kier molecular flexibility index (Phi) is 5.99. The van der Waals surface area contributed by atoms with Crippen molar-refractivity contribution in [3.8, 4) is 0 Å². The van der Waals surface area contributed by atoms with Crippen LogP contribution >= 0.6 is 12.4 Å². The van der Waals surface area contributed by atoms with E-state index in [0.29, 0.717) is 12.6 Å². The van der Waals surface area contributed by atoms with E-state index < -0.39 is 0 Å². The molecule has 0 unspecified atom stereocenters. The van der Waals surface area contributed by atoms with Crippen LogP contribution in [-0.2, 0) is 4.79 Å². The van der Waals surface area contributed by atoms with Crippen molar-refractivity contribution < 1.29 is 4.79 Å². The van der Waals surface area contributed by atoms with Gasteiger partial charge in [0.25, 0.3) is 0 Å². The first kappa shape index (κ1) is 16.5.